The summed E-state index contributed by atoms with van der Waals surface area (Å²) in [6, 6.07) is 5.01. The molecule has 0 atom stereocenters. The molecule has 23 heavy (non-hydrogen) atoms. The molecule has 6 nitrogen and oxygen atoms in total. The number of benzene rings is 1. The van der Waals surface area contributed by atoms with Crippen LogP contribution in [0.25, 0.3) is 0 Å². The van der Waals surface area contributed by atoms with Crippen LogP contribution < -0.4 is 10.1 Å². The summed E-state index contributed by atoms with van der Waals surface area (Å²) in [5.74, 6) is 0.170. The van der Waals surface area contributed by atoms with Crippen LogP contribution in [0, 0.1) is 5.41 Å². The molecular formula is C16H19ClN2O4. The van der Waals surface area contributed by atoms with Gasteiger partial charge >= 0.3 is 0 Å². The Hall–Kier alpha value is -1.79. The molecule has 0 bridgehead atoms. The molecule has 3 rings (SSSR count). The third kappa shape index (κ3) is 3.14. The molecule has 1 aromatic rings. The van der Waals surface area contributed by atoms with Gasteiger partial charge in [-0.05, 0) is 31.0 Å². The topological polar surface area (TPSA) is 67.9 Å². The van der Waals surface area contributed by atoms with Crippen LogP contribution in [0.1, 0.15) is 12.8 Å². The van der Waals surface area contributed by atoms with Crippen LogP contribution in [0.5, 0.6) is 5.75 Å². The van der Waals surface area contributed by atoms with E-state index in [1.54, 1.807) is 23.1 Å². The minimum atomic E-state index is -0.927. The number of hydrogen-bond donors (Lipinski definition) is 1. The summed E-state index contributed by atoms with van der Waals surface area (Å²) in [5.41, 5.74) is -0.370. The summed E-state index contributed by atoms with van der Waals surface area (Å²) in [6.45, 7) is 2.14. The molecule has 7 heteroatoms. The van der Waals surface area contributed by atoms with E-state index < -0.39 is 5.41 Å². The zero-order chi connectivity index (χ0) is 16.4. The predicted octanol–water partition coefficient (Wildman–Crippen LogP) is 1.93. The summed E-state index contributed by atoms with van der Waals surface area (Å²) >= 11 is 6.06. The summed E-state index contributed by atoms with van der Waals surface area (Å²) in [5, 5.41) is 3.21. The van der Waals surface area contributed by atoms with Gasteiger partial charge in [-0.3, -0.25) is 9.59 Å². The van der Waals surface area contributed by atoms with Crippen LogP contribution in [0.4, 0.5) is 5.69 Å². The van der Waals surface area contributed by atoms with Crippen molar-refractivity contribution in [3.05, 3.63) is 23.2 Å². The van der Waals surface area contributed by atoms with Crippen LogP contribution in [0.15, 0.2) is 18.2 Å². The first-order valence-corrected chi connectivity index (χ1v) is 7.97. The van der Waals surface area contributed by atoms with E-state index in [1.165, 1.54) is 7.11 Å². The number of carbonyl (C=O) groups excluding carboxylic acids is 2. The highest BCUT2D eigenvalue weighted by molar-refractivity contribution is 6.32. The standard InChI is InChI=1S/C16H19ClN2O4/c1-22-13-3-2-11(10-12(13)17)18-14(20)16(4-5-16)15(21)19-6-8-23-9-7-19/h2-3,10H,4-9H2,1H3,(H,18,20). The van der Waals surface area contributed by atoms with Crippen LogP contribution in [-0.4, -0.2) is 50.1 Å². The Labute approximate surface area is 139 Å². The highest BCUT2D eigenvalue weighted by Gasteiger charge is 2.58. The van der Waals surface area contributed by atoms with E-state index >= 15 is 0 Å². The van der Waals surface area contributed by atoms with Crippen molar-refractivity contribution in [1.82, 2.24) is 4.90 Å². The van der Waals surface area contributed by atoms with Crippen molar-refractivity contribution in [3.63, 3.8) is 0 Å². The normalized spacial score (nSPS) is 19.1. The van der Waals surface area contributed by atoms with E-state index in [9.17, 15) is 9.59 Å². The van der Waals surface area contributed by atoms with E-state index in [4.69, 9.17) is 21.1 Å². The molecule has 1 aromatic carbocycles. The monoisotopic (exact) mass is 338 g/mol. The Morgan fingerprint density at radius 2 is 2.00 bits per heavy atom. The van der Waals surface area contributed by atoms with E-state index in [-0.39, 0.29) is 11.8 Å². The second-order valence-corrected chi connectivity index (χ2v) is 6.20. The van der Waals surface area contributed by atoms with Gasteiger partial charge in [-0.2, -0.15) is 0 Å². The molecule has 1 saturated heterocycles. The molecule has 1 saturated carbocycles. The predicted molar refractivity (Wildman–Crippen MR) is 85.7 cm³/mol. The second kappa shape index (κ2) is 6.37. The number of rotatable bonds is 4. The Bertz CT molecular complexity index is 625. The Morgan fingerprint density at radius 3 is 2.57 bits per heavy atom. The van der Waals surface area contributed by atoms with Gasteiger partial charge in [0.1, 0.15) is 11.2 Å². The lowest BCUT2D eigenvalue weighted by atomic mass is 10.0. The summed E-state index contributed by atoms with van der Waals surface area (Å²) in [7, 11) is 1.53. The number of amides is 2. The number of nitrogens with zero attached hydrogens (tertiary/aromatic N) is 1. The number of morpholine rings is 1. The number of anilines is 1. The number of carbonyl (C=O) groups is 2. The highest BCUT2D eigenvalue weighted by atomic mass is 35.5. The molecule has 1 aliphatic carbocycles. The van der Waals surface area contributed by atoms with Crippen LogP contribution in [0.3, 0.4) is 0 Å². The maximum absolute atomic E-state index is 12.6. The highest BCUT2D eigenvalue weighted by Crippen LogP contribution is 2.48. The van der Waals surface area contributed by atoms with Crippen molar-refractivity contribution in [3.8, 4) is 5.75 Å². The fourth-order valence-corrected chi connectivity index (χ4v) is 2.98. The molecule has 124 valence electrons. The van der Waals surface area contributed by atoms with E-state index in [2.05, 4.69) is 5.32 Å². The Kier molecular flexibility index (Phi) is 4.46. The minimum absolute atomic E-state index is 0.0992. The van der Waals surface area contributed by atoms with Crippen molar-refractivity contribution < 1.29 is 19.1 Å². The minimum Gasteiger partial charge on any atom is -0.495 e. The first-order chi connectivity index (χ1) is 11.1. The van der Waals surface area contributed by atoms with Gasteiger partial charge in [-0.1, -0.05) is 11.6 Å². The zero-order valence-corrected chi connectivity index (χ0v) is 13.7. The fourth-order valence-electron chi connectivity index (χ4n) is 2.73. The molecule has 1 heterocycles. The zero-order valence-electron chi connectivity index (χ0n) is 12.9. The number of halogens is 1. The van der Waals surface area contributed by atoms with Crippen molar-refractivity contribution in [2.45, 2.75) is 12.8 Å². The Balaban J connectivity index is 1.69. The number of hydrogen-bond acceptors (Lipinski definition) is 4. The van der Waals surface area contributed by atoms with E-state index in [0.717, 1.165) is 0 Å². The molecule has 1 aliphatic heterocycles. The first-order valence-electron chi connectivity index (χ1n) is 7.59. The van der Waals surface area contributed by atoms with Crippen molar-refractivity contribution in [1.29, 1.82) is 0 Å². The lowest BCUT2D eigenvalue weighted by Crippen LogP contribution is -2.47. The maximum Gasteiger partial charge on any atom is 0.240 e. The van der Waals surface area contributed by atoms with Crippen molar-refractivity contribution in [2.75, 3.05) is 38.7 Å². The molecular weight excluding hydrogens is 320 g/mol. The van der Waals surface area contributed by atoms with Gasteiger partial charge in [0.05, 0.1) is 25.3 Å². The molecule has 0 aromatic heterocycles. The average Bonchev–Trinajstić information content (AvgIpc) is 3.37. The number of methoxy groups -OCH3 is 1. The average molecular weight is 339 g/mol. The molecule has 0 radical (unpaired) electrons. The van der Waals surface area contributed by atoms with Gasteiger partial charge in [-0.15, -0.1) is 0 Å². The number of nitrogens with one attached hydrogen (secondary N) is 1. The third-order valence-electron chi connectivity index (χ3n) is 4.30. The molecule has 2 amide bonds. The Morgan fingerprint density at radius 1 is 1.30 bits per heavy atom. The van der Waals surface area contributed by atoms with Crippen LogP contribution in [-0.2, 0) is 14.3 Å². The molecule has 0 unspecified atom stereocenters. The molecule has 0 spiro atoms. The smallest absolute Gasteiger partial charge is 0.240 e. The van der Waals surface area contributed by atoms with Gasteiger partial charge in [0.2, 0.25) is 11.8 Å². The quantitative estimate of drug-likeness (QED) is 0.852. The van der Waals surface area contributed by atoms with Gasteiger partial charge in [0, 0.05) is 18.8 Å². The summed E-state index contributed by atoms with van der Waals surface area (Å²) < 4.78 is 10.3. The summed E-state index contributed by atoms with van der Waals surface area (Å²) in [4.78, 5) is 26.9. The SMILES string of the molecule is COc1ccc(NC(=O)C2(C(=O)N3CCOCC3)CC2)cc1Cl. The fraction of sp³-hybridized carbons (Fsp3) is 0.500. The first kappa shape index (κ1) is 16.1. The lowest BCUT2D eigenvalue weighted by molar-refractivity contribution is -0.145. The van der Waals surface area contributed by atoms with E-state index in [1.807, 2.05) is 0 Å². The van der Waals surface area contributed by atoms with Gasteiger partial charge < -0.3 is 19.7 Å². The molecule has 2 fully saturated rings. The van der Waals surface area contributed by atoms with Gasteiger partial charge in [0.15, 0.2) is 0 Å². The van der Waals surface area contributed by atoms with Crippen LogP contribution >= 0.6 is 11.6 Å². The van der Waals surface area contributed by atoms with E-state index in [0.29, 0.717) is 55.6 Å². The lowest BCUT2D eigenvalue weighted by Gasteiger charge is -2.30. The van der Waals surface area contributed by atoms with Crippen LogP contribution in [0.2, 0.25) is 5.02 Å². The number of ether oxygens (including phenoxy) is 2. The van der Waals surface area contributed by atoms with Gasteiger partial charge in [0.25, 0.3) is 0 Å². The third-order valence-corrected chi connectivity index (χ3v) is 4.60. The van der Waals surface area contributed by atoms with Crippen molar-refractivity contribution in [2.24, 2.45) is 5.41 Å². The molecule has 1 N–H and O–H groups in total. The summed E-state index contributed by atoms with van der Waals surface area (Å²) in [6.07, 6.45) is 1.16. The van der Waals surface area contributed by atoms with Gasteiger partial charge in [-0.25, -0.2) is 0 Å². The molecule has 2 aliphatic rings. The largest absolute Gasteiger partial charge is 0.495 e. The maximum atomic E-state index is 12.6. The van der Waals surface area contributed by atoms with Crippen molar-refractivity contribution >= 4 is 29.1 Å². The second-order valence-electron chi connectivity index (χ2n) is 5.79.